The molecule has 4 aliphatic rings. The minimum Gasteiger partial charge on any atom is -0.393 e. The van der Waals surface area contributed by atoms with Gasteiger partial charge in [0.2, 0.25) is 0 Å². The molecule has 0 aromatic heterocycles. The average Bonchev–Trinajstić information content (AvgIpc) is 2.98. The summed E-state index contributed by atoms with van der Waals surface area (Å²) in [6.07, 6.45) is 16.8. The van der Waals surface area contributed by atoms with Gasteiger partial charge in [0.1, 0.15) is 0 Å². The summed E-state index contributed by atoms with van der Waals surface area (Å²) in [6.45, 7) is 12.4. The van der Waals surface area contributed by atoms with Crippen molar-refractivity contribution in [3.63, 3.8) is 0 Å². The fourth-order valence-electron chi connectivity index (χ4n) is 8.66. The van der Waals surface area contributed by atoms with Crippen molar-refractivity contribution in [3.8, 4) is 0 Å². The summed E-state index contributed by atoms with van der Waals surface area (Å²) in [7, 11) is 0. The third-order valence-electron chi connectivity index (χ3n) is 10.3. The second-order valence-electron chi connectivity index (χ2n) is 12.5. The van der Waals surface area contributed by atoms with Crippen LogP contribution < -0.4 is 0 Å². The van der Waals surface area contributed by atoms with Gasteiger partial charge in [-0.25, -0.2) is 0 Å². The molecule has 3 saturated carbocycles. The Morgan fingerprint density at radius 1 is 1.14 bits per heavy atom. The van der Waals surface area contributed by atoms with Crippen LogP contribution in [-0.2, 0) is 0 Å². The standard InChI is InChI=1S/C27H45BrO/c1-18(7-6-14-25(2,3)28)22-10-11-23-21-9-8-19-17-20(29)12-15-26(19,4)24(21)13-16-27(22,23)5/h8,18,20-24,29H,6-7,9-17H2,1-5H3/t18-,20?,21+,22-,23+,24+,26+,27-/m1/s1. The van der Waals surface area contributed by atoms with Gasteiger partial charge in [0.05, 0.1) is 6.10 Å². The zero-order chi connectivity index (χ0) is 21.0. The summed E-state index contributed by atoms with van der Waals surface area (Å²) >= 11 is 3.83. The molecule has 0 amide bonds. The number of aliphatic hydroxyl groups excluding tert-OH is 1. The maximum atomic E-state index is 10.2. The number of alkyl halides is 1. The number of hydrogen-bond acceptors (Lipinski definition) is 1. The highest BCUT2D eigenvalue weighted by molar-refractivity contribution is 9.10. The fourth-order valence-corrected chi connectivity index (χ4v) is 8.94. The zero-order valence-electron chi connectivity index (χ0n) is 19.6. The Balaban J connectivity index is 1.47. The summed E-state index contributed by atoms with van der Waals surface area (Å²) in [5.41, 5.74) is 2.57. The van der Waals surface area contributed by atoms with Crippen LogP contribution in [0.1, 0.15) is 105 Å². The highest BCUT2D eigenvalue weighted by Crippen LogP contribution is 2.67. The lowest BCUT2D eigenvalue weighted by Crippen LogP contribution is -2.50. The van der Waals surface area contributed by atoms with Gasteiger partial charge in [-0.2, -0.15) is 0 Å². The molecule has 3 fully saturated rings. The SMILES string of the molecule is C[C@H](CCCC(C)(C)Br)[C@H]1CC[C@H]2[C@@H]3CC=C4CC(O)CC[C@]4(C)[C@H]3CC[C@]12C. The number of aliphatic hydroxyl groups is 1. The van der Waals surface area contributed by atoms with Crippen LogP contribution in [0.3, 0.4) is 0 Å². The lowest BCUT2D eigenvalue weighted by molar-refractivity contribution is -0.0572. The minimum atomic E-state index is -0.0825. The Kier molecular flexibility index (Phi) is 6.13. The van der Waals surface area contributed by atoms with Gasteiger partial charge in [0.25, 0.3) is 0 Å². The van der Waals surface area contributed by atoms with E-state index in [0.717, 1.165) is 42.4 Å². The molecule has 1 unspecified atom stereocenters. The molecule has 1 N–H and O–H groups in total. The summed E-state index contributed by atoms with van der Waals surface area (Å²) in [5.74, 6) is 4.50. The minimum absolute atomic E-state index is 0.0825. The number of hydrogen-bond donors (Lipinski definition) is 1. The van der Waals surface area contributed by atoms with Crippen molar-refractivity contribution in [1.82, 2.24) is 0 Å². The van der Waals surface area contributed by atoms with E-state index in [4.69, 9.17) is 0 Å². The largest absolute Gasteiger partial charge is 0.393 e. The highest BCUT2D eigenvalue weighted by atomic mass is 79.9. The predicted octanol–water partition coefficient (Wildman–Crippen LogP) is 7.91. The van der Waals surface area contributed by atoms with Gasteiger partial charge in [-0.3, -0.25) is 0 Å². The van der Waals surface area contributed by atoms with Gasteiger partial charge in [0, 0.05) is 4.32 Å². The van der Waals surface area contributed by atoms with Gasteiger partial charge < -0.3 is 5.11 Å². The van der Waals surface area contributed by atoms with Crippen LogP contribution in [-0.4, -0.2) is 15.5 Å². The quantitative estimate of drug-likeness (QED) is 0.323. The molecule has 1 nitrogen and oxygen atoms in total. The van der Waals surface area contributed by atoms with E-state index in [-0.39, 0.29) is 6.10 Å². The Morgan fingerprint density at radius 2 is 1.90 bits per heavy atom. The van der Waals surface area contributed by atoms with E-state index in [1.807, 2.05) is 0 Å². The Labute approximate surface area is 188 Å². The first-order chi connectivity index (χ1) is 13.5. The third-order valence-corrected chi connectivity index (χ3v) is 10.7. The molecule has 0 aliphatic heterocycles. The summed E-state index contributed by atoms with van der Waals surface area (Å²) in [6, 6.07) is 0. The highest BCUT2D eigenvalue weighted by Gasteiger charge is 2.59. The molecule has 0 saturated heterocycles. The van der Waals surface area contributed by atoms with E-state index in [1.165, 1.54) is 57.8 Å². The fraction of sp³-hybridized carbons (Fsp3) is 0.926. The molecule has 0 bridgehead atoms. The number of halogens is 1. The normalized spacial score (nSPS) is 45.8. The molecular weight excluding hydrogens is 420 g/mol. The van der Waals surface area contributed by atoms with E-state index in [1.54, 1.807) is 5.57 Å². The van der Waals surface area contributed by atoms with Gasteiger partial charge >= 0.3 is 0 Å². The maximum absolute atomic E-state index is 10.2. The van der Waals surface area contributed by atoms with E-state index in [0.29, 0.717) is 15.2 Å². The lowest BCUT2D eigenvalue weighted by Gasteiger charge is -2.58. The molecule has 2 heteroatoms. The van der Waals surface area contributed by atoms with Crippen LogP contribution in [0.4, 0.5) is 0 Å². The smallest absolute Gasteiger partial charge is 0.0577 e. The summed E-state index contributed by atoms with van der Waals surface area (Å²) < 4.78 is 0.294. The van der Waals surface area contributed by atoms with Crippen LogP contribution >= 0.6 is 15.9 Å². The molecule has 0 radical (unpaired) electrons. The molecule has 0 spiro atoms. The second kappa shape index (κ2) is 7.95. The average molecular weight is 466 g/mol. The van der Waals surface area contributed by atoms with Gasteiger partial charge in [-0.15, -0.1) is 0 Å². The van der Waals surface area contributed by atoms with Gasteiger partial charge in [0.15, 0.2) is 0 Å². The molecular formula is C27H45BrO. The topological polar surface area (TPSA) is 20.2 Å². The molecule has 0 aromatic rings. The monoisotopic (exact) mass is 464 g/mol. The van der Waals surface area contributed by atoms with E-state index in [2.05, 4.69) is 56.6 Å². The molecule has 166 valence electrons. The van der Waals surface area contributed by atoms with Crippen LogP contribution in [0, 0.1) is 40.4 Å². The Hall–Kier alpha value is 0.180. The first-order valence-electron chi connectivity index (χ1n) is 12.6. The number of rotatable bonds is 5. The molecule has 8 atom stereocenters. The van der Waals surface area contributed by atoms with Crippen molar-refractivity contribution >= 4 is 15.9 Å². The third kappa shape index (κ3) is 4.04. The molecule has 4 rings (SSSR count). The molecule has 4 aliphatic carbocycles. The van der Waals surface area contributed by atoms with Gasteiger partial charge in [-0.1, -0.05) is 75.0 Å². The van der Waals surface area contributed by atoms with E-state index in [9.17, 15) is 5.11 Å². The summed E-state index contributed by atoms with van der Waals surface area (Å²) in [5, 5.41) is 10.2. The van der Waals surface area contributed by atoms with Crippen molar-refractivity contribution in [3.05, 3.63) is 11.6 Å². The van der Waals surface area contributed by atoms with Crippen molar-refractivity contribution in [2.75, 3.05) is 0 Å². The Bertz CT molecular complexity index is 633. The zero-order valence-corrected chi connectivity index (χ0v) is 21.2. The van der Waals surface area contributed by atoms with Crippen LogP contribution in [0.25, 0.3) is 0 Å². The first kappa shape index (κ1) is 22.4. The first-order valence-corrected chi connectivity index (χ1v) is 13.4. The van der Waals surface area contributed by atoms with Crippen molar-refractivity contribution < 1.29 is 5.11 Å². The second-order valence-corrected chi connectivity index (χ2v) is 14.6. The van der Waals surface area contributed by atoms with E-state index < -0.39 is 0 Å². The van der Waals surface area contributed by atoms with Crippen molar-refractivity contribution in [2.24, 2.45) is 40.4 Å². The van der Waals surface area contributed by atoms with Crippen LogP contribution in [0.15, 0.2) is 11.6 Å². The molecule has 0 heterocycles. The Morgan fingerprint density at radius 3 is 2.62 bits per heavy atom. The predicted molar refractivity (Wildman–Crippen MR) is 127 cm³/mol. The maximum Gasteiger partial charge on any atom is 0.0577 e. The van der Waals surface area contributed by atoms with E-state index >= 15 is 0 Å². The van der Waals surface area contributed by atoms with Crippen LogP contribution in [0.5, 0.6) is 0 Å². The molecule has 0 aromatic carbocycles. The number of fused-ring (bicyclic) bond motifs is 5. The molecule has 29 heavy (non-hydrogen) atoms. The van der Waals surface area contributed by atoms with Crippen molar-refractivity contribution in [2.45, 2.75) is 116 Å². The summed E-state index contributed by atoms with van der Waals surface area (Å²) in [4.78, 5) is 0. The van der Waals surface area contributed by atoms with Gasteiger partial charge in [-0.05, 0) is 98.2 Å². The number of allylic oxidation sites excluding steroid dienone is 1. The van der Waals surface area contributed by atoms with Crippen LogP contribution in [0.2, 0.25) is 0 Å². The van der Waals surface area contributed by atoms with Crippen molar-refractivity contribution in [1.29, 1.82) is 0 Å². The lowest BCUT2D eigenvalue weighted by atomic mass is 9.47.